The molecule has 1 fully saturated rings. The first kappa shape index (κ1) is 17.5. The number of imide groups is 1. The molecule has 23 heavy (non-hydrogen) atoms. The maximum absolute atomic E-state index is 12.6. The number of rotatable bonds is 8. The van der Waals surface area contributed by atoms with Crippen molar-refractivity contribution in [1.29, 1.82) is 0 Å². The zero-order valence-corrected chi connectivity index (χ0v) is 14.2. The molecule has 1 saturated heterocycles. The molecule has 1 heterocycles. The Morgan fingerprint density at radius 3 is 2.70 bits per heavy atom. The van der Waals surface area contributed by atoms with Crippen molar-refractivity contribution in [2.45, 2.75) is 58.4 Å². The predicted molar refractivity (Wildman–Crippen MR) is 90.1 cm³/mol. The number of nitrogens with zero attached hydrogens (tertiary/aromatic N) is 1. The van der Waals surface area contributed by atoms with E-state index in [2.05, 4.69) is 6.92 Å². The Morgan fingerprint density at radius 1 is 1.26 bits per heavy atom. The number of carbonyl (C=O) groups is 2. The quantitative estimate of drug-likeness (QED) is 0.676. The monoisotopic (exact) mass is 317 g/mol. The third-order valence-electron chi connectivity index (χ3n) is 4.42. The Bertz CT molecular complexity index is 515. The molecule has 1 aliphatic heterocycles. The van der Waals surface area contributed by atoms with Crippen LogP contribution in [0.4, 0.5) is 4.79 Å². The van der Waals surface area contributed by atoms with Crippen LogP contribution in [0.5, 0.6) is 0 Å². The minimum atomic E-state index is -0.490. The highest BCUT2D eigenvalue weighted by Gasteiger charge is 2.39. The van der Waals surface area contributed by atoms with Crippen molar-refractivity contribution >= 4 is 12.0 Å². The fourth-order valence-corrected chi connectivity index (χ4v) is 3.01. The number of ether oxygens (including phenoxy) is 1. The summed E-state index contributed by atoms with van der Waals surface area (Å²) in [5.41, 5.74) is 1.11. The van der Waals surface area contributed by atoms with E-state index >= 15 is 0 Å². The smallest absolute Gasteiger partial charge is 0.416 e. The average molecular weight is 317 g/mol. The SMILES string of the molecule is CCCCCC[C@@H](C)C(=O)N1C(=O)OC[C@H]1Cc1ccccc1. The number of hydrogen-bond donors (Lipinski definition) is 0. The molecule has 2 amide bonds. The number of unbranched alkanes of at least 4 members (excludes halogenated alkanes) is 3. The Morgan fingerprint density at radius 2 is 2.00 bits per heavy atom. The van der Waals surface area contributed by atoms with Gasteiger partial charge in [-0.3, -0.25) is 4.79 Å². The Hall–Kier alpha value is -1.84. The summed E-state index contributed by atoms with van der Waals surface area (Å²) in [7, 11) is 0. The minimum absolute atomic E-state index is 0.0927. The third kappa shape index (κ3) is 4.81. The summed E-state index contributed by atoms with van der Waals surface area (Å²) >= 11 is 0. The van der Waals surface area contributed by atoms with Gasteiger partial charge in [0.05, 0.1) is 6.04 Å². The fourth-order valence-electron chi connectivity index (χ4n) is 3.01. The summed E-state index contributed by atoms with van der Waals surface area (Å²) in [6.45, 7) is 4.38. The van der Waals surface area contributed by atoms with Gasteiger partial charge in [0.25, 0.3) is 0 Å². The molecule has 1 aromatic rings. The van der Waals surface area contributed by atoms with E-state index in [0.29, 0.717) is 13.0 Å². The highest BCUT2D eigenvalue weighted by Crippen LogP contribution is 2.22. The van der Waals surface area contributed by atoms with E-state index < -0.39 is 6.09 Å². The first-order valence-electron chi connectivity index (χ1n) is 8.67. The first-order valence-corrected chi connectivity index (χ1v) is 8.67. The number of benzene rings is 1. The largest absolute Gasteiger partial charge is 0.447 e. The van der Waals surface area contributed by atoms with E-state index in [-0.39, 0.29) is 17.9 Å². The van der Waals surface area contributed by atoms with Gasteiger partial charge in [-0.2, -0.15) is 0 Å². The van der Waals surface area contributed by atoms with Crippen LogP contribution in [-0.2, 0) is 16.0 Å². The van der Waals surface area contributed by atoms with E-state index in [1.807, 2.05) is 37.3 Å². The summed E-state index contributed by atoms with van der Waals surface area (Å²) in [6.07, 6.45) is 5.56. The lowest BCUT2D eigenvalue weighted by molar-refractivity contribution is -0.133. The molecule has 0 N–H and O–H groups in total. The third-order valence-corrected chi connectivity index (χ3v) is 4.42. The van der Waals surface area contributed by atoms with E-state index in [1.165, 1.54) is 17.7 Å². The van der Waals surface area contributed by atoms with Crippen molar-refractivity contribution < 1.29 is 14.3 Å². The Labute approximate surface area is 138 Å². The van der Waals surface area contributed by atoms with Gasteiger partial charge in [0.2, 0.25) is 5.91 Å². The van der Waals surface area contributed by atoms with Gasteiger partial charge in [-0.1, -0.05) is 69.9 Å². The molecule has 0 saturated carbocycles. The van der Waals surface area contributed by atoms with E-state index in [1.54, 1.807) is 0 Å². The second kappa shape index (κ2) is 8.70. The molecule has 0 aliphatic carbocycles. The van der Waals surface area contributed by atoms with Gasteiger partial charge in [0.15, 0.2) is 0 Å². The lowest BCUT2D eigenvalue weighted by Gasteiger charge is -2.23. The topological polar surface area (TPSA) is 46.6 Å². The predicted octanol–water partition coefficient (Wildman–Crippen LogP) is 4.18. The zero-order chi connectivity index (χ0) is 16.7. The molecule has 2 atom stereocenters. The Kier molecular flexibility index (Phi) is 6.63. The van der Waals surface area contributed by atoms with Crippen molar-refractivity contribution in [3.63, 3.8) is 0 Å². The standard InChI is InChI=1S/C19H27NO3/c1-3-4-5-7-10-15(2)18(21)20-17(14-23-19(20)22)13-16-11-8-6-9-12-16/h6,8-9,11-12,15,17H,3-5,7,10,13-14H2,1-2H3/t15-,17-/m1/s1. The Balaban J connectivity index is 1.94. The minimum Gasteiger partial charge on any atom is -0.447 e. The van der Waals surface area contributed by atoms with Crippen LogP contribution < -0.4 is 0 Å². The first-order chi connectivity index (χ1) is 11.1. The molecular formula is C19H27NO3. The van der Waals surface area contributed by atoms with Crippen LogP contribution in [0.25, 0.3) is 0 Å². The molecular weight excluding hydrogens is 290 g/mol. The molecule has 0 spiro atoms. The molecule has 0 radical (unpaired) electrons. The van der Waals surface area contributed by atoms with Crippen molar-refractivity contribution in [3.05, 3.63) is 35.9 Å². The lowest BCUT2D eigenvalue weighted by atomic mass is 9.99. The molecule has 0 bridgehead atoms. The number of hydrogen-bond acceptors (Lipinski definition) is 3. The zero-order valence-electron chi connectivity index (χ0n) is 14.2. The van der Waals surface area contributed by atoms with Crippen molar-refractivity contribution in [1.82, 2.24) is 4.90 Å². The molecule has 1 aliphatic rings. The van der Waals surface area contributed by atoms with Crippen LogP contribution in [-0.4, -0.2) is 29.5 Å². The van der Waals surface area contributed by atoms with Gasteiger partial charge in [0, 0.05) is 5.92 Å². The maximum Gasteiger partial charge on any atom is 0.416 e. The highest BCUT2D eigenvalue weighted by atomic mass is 16.6. The van der Waals surface area contributed by atoms with E-state index in [9.17, 15) is 9.59 Å². The molecule has 4 nitrogen and oxygen atoms in total. The summed E-state index contributed by atoms with van der Waals surface area (Å²) < 4.78 is 5.13. The van der Waals surface area contributed by atoms with Gasteiger partial charge in [-0.25, -0.2) is 9.69 Å². The molecule has 0 aromatic heterocycles. The van der Waals surface area contributed by atoms with Gasteiger partial charge in [0.1, 0.15) is 6.61 Å². The van der Waals surface area contributed by atoms with Crippen LogP contribution in [0.15, 0.2) is 30.3 Å². The number of amides is 2. The van der Waals surface area contributed by atoms with Crippen LogP contribution in [0.3, 0.4) is 0 Å². The molecule has 4 heteroatoms. The van der Waals surface area contributed by atoms with Crippen LogP contribution in [0.2, 0.25) is 0 Å². The number of carbonyl (C=O) groups excluding carboxylic acids is 2. The van der Waals surface area contributed by atoms with Crippen LogP contribution >= 0.6 is 0 Å². The van der Waals surface area contributed by atoms with Crippen LogP contribution in [0.1, 0.15) is 51.5 Å². The normalized spacial score (nSPS) is 18.8. The molecule has 1 aromatic carbocycles. The summed E-state index contributed by atoms with van der Waals surface area (Å²) in [4.78, 5) is 26.0. The maximum atomic E-state index is 12.6. The second-order valence-corrected chi connectivity index (χ2v) is 6.38. The summed E-state index contributed by atoms with van der Waals surface area (Å²) in [5, 5.41) is 0. The van der Waals surface area contributed by atoms with E-state index in [4.69, 9.17) is 4.74 Å². The fraction of sp³-hybridized carbons (Fsp3) is 0.579. The number of cyclic esters (lactones) is 1. The molecule has 0 unspecified atom stereocenters. The van der Waals surface area contributed by atoms with Crippen LogP contribution in [0, 0.1) is 5.92 Å². The highest BCUT2D eigenvalue weighted by molar-refractivity contribution is 5.94. The average Bonchev–Trinajstić information content (AvgIpc) is 2.92. The molecule has 2 rings (SSSR count). The van der Waals surface area contributed by atoms with Gasteiger partial charge in [-0.15, -0.1) is 0 Å². The van der Waals surface area contributed by atoms with E-state index in [0.717, 1.165) is 24.8 Å². The summed E-state index contributed by atoms with van der Waals surface area (Å²) in [6, 6.07) is 9.74. The lowest BCUT2D eigenvalue weighted by Crippen LogP contribution is -2.43. The van der Waals surface area contributed by atoms with Crippen molar-refractivity contribution in [3.8, 4) is 0 Å². The van der Waals surface area contributed by atoms with Gasteiger partial charge in [-0.05, 0) is 18.4 Å². The summed E-state index contributed by atoms with van der Waals surface area (Å²) in [5.74, 6) is -0.222. The van der Waals surface area contributed by atoms with Gasteiger partial charge >= 0.3 is 6.09 Å². The van der Waals surface area contributed by atoms with Crippen molar-refractivity contribution in [2.75, 3.05) is 6.61 Å². The van der Waals surface area contributed by atoms with Crippen molar-refractivity contribution in [2.24, 2.45) is 5.92 Å². The second-order valence-electron chi connectivity index (χ2n) is 6.38. The molecule has 126 valence electrons. The van der Waals surface area contributed by atoms with Gasteiger partial charge < -0.3 is 4.74 Å².